The van der Waals surface area contributed by atoms with Gasteiger partial charge in [-0.2, -0.15) is 5.26 Å². The quantitative estimate of drug-likeness (QED) is 0.928. The fourth-order valence-electron chi connectivity index (χ4n) is 3.00. The van der Waals surface area contributed by atoms with Crippen molar-refractivity contribution in [3.8, 4) is 17.6 Å². The number of nitrogens with two attached hydrogens (primary N) is 1. The van der Waals surface area contributed by atoms with Crippen LogP contribution < -0.4 is 20.8 Å². The fourth-order valence-corrected chi connectivity index (χ4v) is 3.00. The Morgan fingerprint density at radius 2 is 2.04 bits per heavy atom. The van der Waals surface area contributed by atoms with Gasteiger partial charge in [-0.15, -0.1) is 0 Å². The fraction of sp³-hybridized carbons (Fsp3) is 0.263. The first-order valence-electron chi connectivity index (χ1n) is 7.98. The van der Waals surface area contributed by atoms with Crippen LogP contribution in [-0.4, -0.2) is 11.2 Å². The predicted octanol–water partition coefficient (Wildman–Crippen LogP) is 2.31. The molecule has 128 valence electrons. The molecule has 0 radical (unpaired) electrons. The van der Waals surface area contributed by atoms with Gasteiger partial charge in [-0.3, -0.25) is 4.79 Å². The molecule has 3 rings (SSSR count). The summed E-state index contributed by atoms with van der Waals surface area (Å²) in [6, 6.07) is 11.2. The summed E-state index contributed by atoms with van der Waals surface area (Å²) in [6.07, 6.45) is 0. The van der Waals surface area contributed by atoms with Crippen molar-refractivity contribution in [2.45, 2.75) is 19.8 Å². The van der Waals surface area contributed by atoms with Crippen molar-refractivity contribution in [3.05, 3.63) is 69.0 Å². The van der Waals surface area contributed by atoms with Crippen LogP contribution in [0.2, 0.25) is 0 Å². The average Bonchev–Trinajstić information content (AvgIpc) is 2.60. The van der Waals surface area contributed by atoms with E-state index in [0.717, 1.165) is 17.0 Å². The molecule has 0 fully saturated rings. The van der Waals surface area contributed by atoms with Crippen molar-refractivity contribution in [2.75, 3.05) is 6.61 Å². The van der Waals surface area contributed by atoms with Gasteiger partial charge in [0.2, 0.25) is 5.88 Å². The highest BCUT2D eigenvalue weighted by Crippen LogP contribution is 2.40. The van der Waals surface area contributed by atoms with Gasteiger partial charge in [-0.25, -0.2) is 0 Å². The number of ether oxygens (including phenoxy) is 2. The number of nitriles is 1. The first kappa shape index (κ1) is 16.7. The molecule has 0 spiro atoms. The first-order chi connectivity index (χ1) is 12.0. The summed E-state index contributed by atoms with van der Waals surface area (Å²) in [7, 11) is 1.70. The maximum absolute atomic E-state index is 12.8. The summed E-state index contributed by atoms with van der Waals surface area (Å²) in [5, 5.41) is 9.57. The van der Waals surface area contributed by atoms with E-state index in [-0.39, 0.29) is 17.0 Å². The second kappa shape index (κ2) is 6.36. The third-order valence-electron chi connectivity index (χ3n) is 4.38. The smallest absolute Gasteiger partial charge is 0.258 e. The van der Waals surface area contributed by atoms with Crippen molar-refractivity contribution in [1.29, 1.82) is 5.26 Å². The van der Waals surface area contributed by atoms with Crippen LogP contribution in [0.1, 0.15) is 29.7 Å². The molecule has 0 saturated carbocycles. The van der Waals surface area contributed by atoms with E-state index in [0.29, 0.717) is 17.9 Å². The molecule has 0 aliphatic carbocycles. The van der Waals surface area contributed by atoms with E-state index < -0.39 is 5.92 Å². The van der Waals surface area contributed by atoms with Crippen LogP contribution in [0.25, 0.3) is 0 Å². The van der Waals surface area contributed by atoms with E-state index >= 15 is 0 Å². The lowest BCUT2D eigenvalue weighted by molar-refractivity contribution is 0.340. The Kier molecular flexibility index (Phi) is 4.24. The third kappa shape index (κ3) is 2.74. The monoisotopic (exact) mass is 337 g/mol. The standard InChI is InChI=1S/C19H19N3O3/c1-4-24-13-7-5-12(6-8-13)16-14(10-20)18(21)25-15-9-11(2)22(3)19(23)17(15)16/h5-9,16H,4,21H2,1-3H3/t16-/m1/s1. The summed E-state index contributed by atoms with van der Waals surface area (Å²) in [5.41, 5.74) is 7.94. The Morgan fingerprint density at radius 3 is 2.64 bits per heavy atom. The molecule has 0 saturated heterocycles. The van der Waals surface area contributed by atoms with E-state index in [1.807, 2.05) is 38.1 Å². The molecule has 2 heterocycles. The van der Waals surface area contributed by atoms with E-state index in [2.05, 4.69) is 6.07 Å². The lowest BCUT2D eigenvalue weighted by Gasteiger charge is -2.26. The molecule has 1 aromatic heterocycles. The topological polar surface area (TPSA) is 90.3 Å². The Hall–Kier alpha value is -3.20. The molecular formula is C19H19N3O3. The van der Waals surface area contributed by atoms with Crippen LogP contribution in [-0.2, 0) is 7.05 Å². The van der Waals surface area contributed by atoms with Gasteiger partial charge < -0.3 is 19.8 Å². The molecule has 1 aromatic carbocycles. The predicted molar refractivity (Wildman–Crippen MR) is 93.3 cm³/mol. The number of rotatable bonds is 3. The molecule has 2 aromatic rings. The summed E-state index contributed by atoms with van der Waals surface area (Å²) >= 11 is 0. The minimum Gasteiger partial charge on any atom is -0.494 e. The van der Waals surface area contributed by atoms with Crippen molar-refractivity contribution < 1.29 is 9.47 Å². The normalized spacial score (nSPS) is 16.0. The van der Waals surface area contributed by atoms with Gasteiger partial charge in [0.1, 0.15) is 23.1 Å². The molecule has 0 bridgehead atoms. The van der Waals surface area contributed by atoms with Crippen molar-refractivity contribution in [3.63, 3.8) is 0 Å². The minimum atomic E-state index is -0.566. The zero-order valence-corrected chi connectivity index (χ0v) is 14.4. The van der Waals surface area contributed by atoms with E-state index in [4.69, 9.17) is 15.2 Å². The maximum atomic E-state index is 12.8. The number of benzene rings is 1. The number of fused-ring (bicyclic) bond motifs is 1. The number of aryl methyl sites for hydroxylation is 1. The van der Waals surface area contributed by atoms with Gasteiger partial charge in [0.15, 0.2) is 0 Å². The number of aromatic nitrogens is 1. The Labute approximate surface area is 145 Å². The summed E-state index contributed by atoms with van der Waals surface area (Å²) < 4.78 is 12.6. The van der Waals surface area contributed by atoms with Gasteiger partial charge >= 0.3 is 0 Å². The van der Waals surface area contributed by atoms with Crippen molar-refractivity contribution >= 4 is 0 Å². The second-order valence-electron chi connectivity index (χ2n) is 5.85. The van der Waals surface area contributed by atoms with E-state index in [1.54, 1.807) is 17.7 Å². The van der Waals surface area contributed by atoms with Gasteiger partial charge in [-0.1, -0.05) is 12.1 Å². The third-order valence-corrected chi connectivity index (χ3v) is 4.38. The highest BCUT2D eigenvalue weighted by atomic mass is 16.5. The van der Waals surface area contributed by atoms with Gasteiger partial charge in [0.25, 0.3) is 5.56 Å². The Balaban J connectivity index is 2.22. The second-order valence-corrected chi connectivity index (χ2v) is 5.85. The molecule has 0 unspecified atom stereocenters. The molecule has 1 aliphatic rings. The number of hydrogen-bond acceptors (Lipinski definition) is 5. The molecule has 6 nitrogen and oxygen atoms in total. The summed E-state index contributed by atoms with van der Waals surface area (Å²) in [4.78, 5) is 12.8. The zero-order valence-electron chi connectivity index (χ0n) is 14.4. The maximum Gasteiger partial charge on any atom is 0.258 e. The lowest BCUT2D eigenvalue weighted by atomic mass is 9.84. The molecule has 0 amide bonds. The lowest BCUT2D eigenvalue weighted by Crippen LogP contribution is -2.31. The molecule has 6 heteroatoms. The van der Waals surface area contributed by atoms with Crippen LogP contribution >= 0.6 is 0 Å². The zero-order chi connectivity index (χ0) is 18.1. The highest BCUT2D eigenvalue weighted by molar-refractivity contribution is 5.55. The molecule has 25 heavy (non-hydrogen) atoms. The molecule has 1 atom stereocenters. The van der Waals surface area contributed by atoms with Crippen LogP contribution in [0.5, 0.6) is 11.5 Å². The van der Waals surface area contributed by atoms with Gasteiger partial charge in [0.05, 0.1) is 18.1 Å². The Bertz CT molecular complexity index is 950. The van der Waals surface area contributed by atoms with Crippen LogP contribution in [0.15, 0.2) is 46.6 Å². The van der Waals surface area contributed by atoms with Crippen LogP contribution in [0.4, 0.5) is 0 Å². The minimum absolute atomic E-state index is 0.0292. The van der Waals surface area contributed by atoms with Crippen LogP contribution in [0, 0.1) is 18.3 Å². The SMILES string of the molecule is CCOc1ccc([C@@H]2C(C#N)=C(N)Oc3cc(C)n(C)c(=O)c32)cc1. The largest absolute Gasteiger partial charge is 0.494 e. The van der Waals surface area contributed by atoms with E-state index in [1.165, 1.54) is 0 Å². The van der Waals surface area contributed by atoms with Crippen LogP contribution in [0.3, 0.4) is 0 Å². The highest BCUT2D eigenvalue weighted by Gasteiger charge is 2.33. The van der Waals surface area contributed by atoms with Gasteiger partial charge in [-0.05, 0) is 31.5 Å². The van der Waals surface area contributed by atoms with Crippen molar-refractivity contribution in [1.82, 2.24) is 4.57 Å². The number of pyridine rings is 1. The van der Waals surface area contributed by atoms with Gasteiger partial charge in [0, 0.05) is 18.8 Å². The molecule has 1 aliphatic heterocycles. The molecular weight excluding hydrogens is 318 g/mol. The summed E-state index contributed by atoms with van der Waals surface area (Å²) in [5.74, 6) is 0.590. The van der Waals surface area contributed by atoms with Crippen molar-refractivity contribution in [2.24, 2.45) is 12.8 Å². The average molecular weight is 337 g/mol. The van der Waals surface area contributed by atoms with E-state index in [9.17, 15) is 10.1 Å². The Morgan fingerprint density at radius 1 is 1.36 bits per heavy atom. The summed E-state index contributed by atoms with van der Waals surface area (Å²) in [6.45, 7) is 4.29. The number of allylic oxidation sites excluding steroid dienone is 1. The number of hydrogen-bond donors (Lipinski definition) is 1. The molecule has 2 N–H and O–H groups in total. The number of nitrogens with zero attached hydrogens (tertiary/aromatic N) is 2. The first-order valence-corrected chi connectivity index (χ1v) is 7.98.